The molecule has 0 radical (unpaired) electrons. The summed E-state index contributed by atoms with van der Waals surface area (Å²) in [5, 5.41) is 4.41. The Hall–Kier alpha value is -1.72. The minimum Gasteiger partial charge on any atom is -0.377 e. The van der Waals surface area contributed by atoms with E-state index in [1.165, 1.54) is 11.6 Å². The van der Waals surface area contributed by atoms with Crippen molar-refractivity contribution in [2.24, 2.45) is 12.5 Å². The minimum atomic E-state index is -0.165. The summed E-state index contributed by atoms with van der Waals surface area (Å²) in [6, 6.07) is 6.86. The zero-order valence-electron chi connectivity index (χ0n) is 14.3. The van der Waals surface area contributed by atoms with Crippen molar-refractivity contribution in [3.05, 3.63) is 53.1 Å². The van der Waals surface area contributed by atoms with Crippen LogP contribution in [0.3, 0.4) is 0 Å². The second kappa shape index (κ2) is 5.97. The smallest absolute Gasteiger partial charge is 0.123 e. The first kappa shape index (κ1) is 15.8. The summed E-state index contributed by atoms with van der Waals surface area (Å²) in [5.74, 6) is -0.165. The van der Waals surface area contributed by atoms with Gasteiger partial charge in [-0.2, -0.15) is 5.10 Å². The maximum absolute atomic E-state index is 13.3. The molecule has 0 aliphatic carbocycles. The highest BCUT2D eigenvalue weighted by molar-refractivity contribution is 5.19. The lowest BCUT2D eigenvalue weighted by Gasteiger charge is -2.47. The number of benzene rings is 1. The van der Waals surface area contributed by atoms with Crippen LogP contribution >= 0.6 is 0 Å². The standard InChI is InChI=1S/C19H24FN3O/c1-14-16(9-22(2)21-14)10-23-11-19(12-23)8-18(24-13-19)7-15-4-3-5-17(20)6-15/h3-6,9,18H,7-8,10-13H2,1-2H3/t18-/m1/s1. The van der Waals surface area contributed by atoms with Gasteiger partial charge in [-0.05, 0) is 37.5 Å². The van der Waals surface area contributed by atoms with Gasteiger partial charge in [-0.3, -0.25) is 9.58 Å². The second-order valence-corrected chi connectivity index (χ2v) is 7.53. The molecule has 4 rings (SSSR count). The summed E-state index contributed by atoms with van der Waals surface area (Å²) in [6.07, 6.45) is 4.21. The molecule has 5 heteroatoms. The Bertz CT molecular complexity index is 736. The summed E-state index contributed by atoms with van der Waals surface area (Å²) in [6.45, 7) is 6.03. The number of aryl methyl sites for hydroxylation is 2. The predicted molar refractivity (Wildman–Crippen MR) is 90.1 cm³/mol. The average molecular weight is 329 g/mol. The fourth-order valence-electron chi connectivity index (χ4n) is 4.23. The summed E-state index contributed by atoms with van der Waals surface area (Å²) in [7, 11) is 1.97. The van der Waals surface area contributed by atoms with Gasteiger partial charge in [-0.1, -0.05) is 12.1 Å². The Morgan fingerprint density at radius 3 is 2.92 bits per heavy atom. The van der Waals surface area contributed by atoms with Crippen LogP contribution in [0.4, 0.5) is 4.39 Å². The topological polar surface area (TPSA) is 30.3 Å². The monoisotopic (exact) mass is 329 g/mol. The van der Waals surface area contributed by atoms with Crippen LogP contribution in [-0.2, 0) is 24.8 Å². The molecule has 2 saturated heterocycles. The van der Waals surface area contributed by atoms with Gasteiger partial charge in [-0.25, -0.2) is 4.39 Å². The number of halogens is 1. The SMILES string of the molecule is Cc1nn(C)cc1CN1CC2(CO[C@H](Cc3cccc(F)c3)C2)C1. The lowest BCUT2D eigenvalue weighted by molar-refractivity contribution is -0.0141. The van der Waals surface area contributed by atoms with Gasteiger partial charge in [0.05, 0.1) is 18.4 Å². The van der Waals surface area contributed by atoms with E-state index in [2.05, 4.69) is 23.1 Å². The van der Waals surface area contributed by atoms with Gasteiger partial charge in [0.15, 0.2) is 0 Å². The lowest BCUT2D eigenvalue weighted by atomic mass is 9.77. The van der Waals surface area contributed by atoms with Gasteiger partial charge in [0.25, 0.3) is 0 Å². The highest BCUT2D eigenvalue weighted by Gasteiger charge is 2.48. The third-order valence-corrected chi connectivity index (χ3v) is 5.27. The Morgan fingerprint density at radius 1 is 1.38 bits per heavy atom. The molecule has 1 aromatic carbocycles. The van der Waals surface area contributed by atoms with Crippen LogP contribution < -0.4 is 0 Å². The molecular weight excluding hydrogens is 305 g/mol. The van der Waals surface area contributed by atoms with Gasteiger partial charge < -0.3 is 4.74 Å². The second-order valence-electron chi connectivity index (χ2n) is 7.53. The fourth-order valence-corrected chi connectivity index (χ4v) is 4.23. The van der Waals surface area contributed by atoms with Crippen molar-refractivity contribution in [1.29, 1.82) is 0 Å². The molecule has 0 amide bonds. The molecule has 4 nitrogen and oxygen atoms in total. The Kier molecular flexibility index (Phi) is 3.93. The molecule has 0 unspecified atom stereocenters. The van der Waals surface area contributed by atoms with Gasteiger partial charge in [-0.15, -0.1) is 0 Å². The number of hydrogen-bond donors (Lipinski definition) is 0. The van der Waals surface area contributed by atoms with Crippen molar-refractivity contribution in [2.45, 2.75) is 32.4 Å². The molecular formula is C19H24FN3O. The molecule has 24 heavy (non-hydrogen) atoms. The van der Waals surface area contributed by atoms with Crippen LogP contribution in [0.2, 0.25) is 0 Å². The fraction of sp³-hybridized carbons (Fsp3) is 0.526. The van der Waals surface area contributed by atoms with Crippen LogP contribution in [0, 0.1) is 18.2 Å². The summed E-state index contributed by atoms with van der Waals surface area (Å²) < 4.78 is 21.2. The van der Waals surface area contributed by atoms with E-state index < -0.39 is 0 Å². The quantitative estimate of drug-likeness (QED) is 0.864. The summed E-state index contributed by atoms with van der Waals surface area (Å²) in [4.78, 5) is 2.47. The third-order valence-electron chi connectivity index (χ3n) is 5.27. The number of ether oxygens (including phenoxy) is 1. The third kappa shape index (κ3) is 3.10. The van der Waals surface area contributed by atoms with E-state index in [0.29, 0.717) is 5.41 Å². The average Bonchev–Trinajstić information content (AvgIpc) is 3.03. The Balaban J connectivity index is 1.31. The molecule has 2 aliphatic rings. The first-order valence-electron chi connectivity index (χ1n) is 8.59. The van der Waals surface area contributed by atoms with E-state index in [-0.39, 0.29) is 11.9 Å². The van der Waals surface area contributed by atoms with Crippen molar-refractivity contribution < 1.29 is 9.13 Å². The van der Waals surface area contributed by atoms with Gasteiger partial charge >= 0.3 is 0 Å². The Morgan fingerprint density at radius 2 is 2.21 bits per heavy atom. The van der Waals surface area contributed by atoms with Crippen molar-refractivity contribution in [1.82, 2.24) is 14.7 Å². The highest BCUT2D eigenvalue weighted by Crippen LogP contribution is 2.42. The van der Waals surface area contributed by atoms with E-state index in [1.807, 2.05) is 17.8 Å². The van der Waals surface area contributed by atoms with Gasteiger partial charge in [0.2, 0.25) is 0 Å². The van der Waals surface area contributed by atoms with E-state index in [9.17, 15) is 4.39 Å². The largest absolute Gasteiger partial charge is 0.377 e. The van der Waals surface area contributed by atoms with Crippen LogP contribution in [0.1, 0.15) is 23.2 Å². The molecule has 1 spiro atoms. The molecule has 0 bridgehead atoms. The van der Waals surface area contributed by atoms with E-state index in [0.717, 1.165) is 50.3 Å². The zero-order chi connectivity index (χ0) is 16.7. The molecule has 2 aromatic rings. The number of aromatic nitrogens is 2. The number of likely N-dealkylation sites (tertiary alicyclic amines) is 1. The van der Waals surface area contributed by atoms with Crippen LogP contribution in [0.25, 0.3) is 0 Å². The number of rotatable bonds is 4. The van der Waals surface area contributed by atoms with Crippen molar-refractivity contribution in [2.75, 3.05) is 19.7 Å². The van der Waals surface area contributed by atoms with Crippen LogP contribution in [-0.4, -0.2) is 40.5 Å². The first-order chi connectivity index (χ1) is 11.5. The molecule has 0 N–H and O–H groups in total. The van der Waals surface area contributed by atoms with Gasteiger partial charge in [0, 0.05) is 43.9 Å². The van der Waals surface area contributed by atoms with Crippen LogP contribution in [0.5, 0.6) is 0 Å². The van der Waals surface area contributed by atoms with E-state index in [4.69, 9.17) is 4.74 Å². The maximum atomic E-state index is 13.3. The normalized spacial score (nSPS) is 22.9. The molecule has 2 fully saturated rings. The maximum Gasteiger partial charge on any atom is 0.123 e. The molecule has 128 valence electrons. The Labute approximate surface area is 142 Å². The molecule has 3 heterocycles. The molecule has 2 aliphatic heterocycles. The predicted octanol–water partition coefficient (Wildman–Crippen LogP) is 2.70. The van der Waals surface area contributed by atoms with Crippen molar-refractivity contribution in [3.8, 4) is 0 Å². The molecule has 1 aromatic heterocycles. The van der Waals surface area contributed by atoms with Gasteiger partial charge in [0.1, 0.15) is 5.82 Å². The zero-order valence-corrected chi connectivity index (χ0v) is 14.3. The molecule has 1 atom stereocenters. The minimum absolute atomic E-state index is 0.165. The highest BCUT2D eigenvalue weighted by atomic mass is 19.1. The van der Waals surface area contributed by atoms with Crippen molar-refractivity contribution in [3.63, 3.8) is 0 Å². The number of hydrogen-bond acceptors (Lipinski definition) is 3. The molecule has 0 saturated carbocycles. The van der Waals surface area contributed by atoms with E-state index >= 15 is 0 Å². The van der Waals surface area contributed by atoms with E-state index in [1.54, 1.807) is 12.1 Å². The lowest BCUT2D eigenvalue weighted by Crippen LogP contribution is -2.56. The first-order valence-corrected chi connectivity index (χ1v) is 8.59. The van der Waals surface area contributed by atoms with Crippen molar-refractivity contribution >= 4 is 0 Å². The summed E-state index contributed by atoms with van der Waals surface area (Å²) >= 11 is 0. The number of nitrogens with zero attached hydrogens (tertiary/aromatic N) is 3. The van der Waals surface area contributed by atoms with Crippen LogP contribution in [0.15, 0.2) is 30.5 Å². The summed E-state index contributed by atoms with van der Waals surface area (Å²) in [5.41, 5.74) is 3.75.